The fourth-order valence-electron chi connectivity index (χ4n) is 2.51. The Kier molecular flexibility index (Phi) is 9.19. The summed E-state index contributed by atoms with van der Waals surface area (Å²) in [5.74, 6) is 0.395. The predicted octanol–water partition coefficient (Wildman–Crippen LogP) is 0.765. The molecule has 0 bridgehead atoms. The maximum Gasteiger partial charge on any atom is 0.227 e. The van der Waals surface area contributed by atoms with Crippen molar-refractivity contribution < 1.29 is 4.79 Å². The Hall–Kier alpha value is -0.570. The van der Waals surface area contributed by atoms with Crippen molar-refractivity contribution in [2.75, 3.05) is 33.2 Å². The van der Waals surface area contributed by atoms with E-state index in [9.17, 15) is 4.79 Å². The summed E-state index contributed by atoms with van der Waals surface area (Å²) in [6, 6.07) is 0.542. The number of amides is 1. The molecule has 1 fully saturated rings. The Labute approximate surface area is 145 Å². The summed E-state index contributed by atoms with van der Waals surface area (Å²) in [5.41, 5.74) is 5.34. The zero-order valence-corrected chi connectivity index (χ0v) is 15.9. The second-order valence-corrected chi connectivity index (χ2v) is 5.97. The van der Waals surface area contributed by atoms with E-state index in [1.165, 1.54) is 19.4 Å². The number of nitrogens with zero attached hydrogens (tertiary/aromatic N) is 2. The van der Waals surface area contributed by atoms with Gasteiger partial charge < -0.3 is 16.4 Å². The highest BCUT2D eigenvalue weighted by molar-refractivity contribution is 14.0. The summed E-state index contributed by atoms with van der Waals surface area (Å²) >= 11 is 0. The third-order valence-corrected chi connectivity index (χ3v) is 3.91. The number of nitrogens with two attached hydrogens (primary N) is 1. The van der Waals surface area contributed by atoms with Crippen molar-refractivity contribution in [1.29, 1.82) is 0 Å². The second kappa shape index (κ2) is 9.45. The smallest absolute Gasteiger partial charge is 0.227 e. The van der Waals surface area contributed by atoms with Gasteiger partial charge in [0.2, 0.25) is 5.91 Å². The lowest BCUT2D eigenvalue weighted by Gasteiger charge is -2.23. The molecular weight excluding hydrogens is 381 g/mol. The zero-order chi connectivity index (χ0) is 15.2. The van der Waals surface area contributed by atoms with Gasteiger partial charge in [-0.3, -0.25) is 14.7 Å². The van der Waals surface area contributed by atoms with Gasteiger partial charge in [-0.15, -0.1) is 24.0 Å². The maximum absolute atomic E-state index is 11.6. The molecule has 0 aromatic carbocycles. The van der Waals surface area contributed by atoms with E-state index in [2.05, 4.69) is 27.4 Å². The molecule has 1 rings (SSSR count). The number of halogens is 1. The lowest BCUT2D eigenvalue weighted by atomic mass is 9.93. The first-order valence-corrected chi connectivity index (χ1v) is 7.40. The van der Waals surface area contributed by atoms with E-state index >= 15 is 0 Å². The number of carbonyl (C=O) groups is 1. The topological polar surface area (TPSA) is 82.8 Å². The molecule has 21 heavy (non-hydrogen) atoms. The van der Waals surface area contributed by atoms with E-state index in [0.29, 0.717) is 18.5 Å². The highest BCUT2D eigenvalue weighted by Crippen LogP contribution is 2.16. The van der Waals surface area contributed by atoms with Crippen LogP contribution in [0.15, 0.2) is 4.99 Å². The summed E-state index contributed by atoms with van der Waals surface area (Å²) in [6.45, 7) is 9.35. The third kappa shape index (κ3) is 6.37. The van der Waals surface area contributed by atoms with Crippen LogP contribution >= 0.6 is 24.0 Å². The molecule has 1 saturated heterocycles. The van der Waals surface area contributed by atoms with Gasteiger partial charge in [-0.25, -0.2) is 0 Å². The van der Waals surface area contributed by atoms with Crippen LogP contribution in [-0.2, 0) is 4.79 Å². The van der Waals surface area contributed by atoms with Crippen LogP contribution in [0.1, 0.15) is 33.6 Å². The number of rotatable bonds is 6. The van der Waals surface area contributed by atoms with Crippen LogP contribution in [-0.4, -0.2) is 56.0 Å². The van der Waals surface area contributed by atoms with Crippen molar-refractivity contribution in [3.8, 4) is 0 Å². The van der Waals surface area contributed by atoms with Gasteiger partial charge in [0.05, 0.1) is 12.0 Å². The molecule has 1 aliphatic rings. The van der Waals surface area contributed by atoms with Gasteiger partial charge in [0, 0.05) is 19.6 Å². The van der Waals surface area contributed by atoms with Crippen molar-refractivity contribution in [2.24, 2.45) is 16.1 Å². The van der Waals surface area contributed by atoms with Crippen LogP contribution in [0.2, 0.25) is 0 Å². The lowest BCUT2D eigenvalue weighted by Crippen LogP contribution is -2.43. The average Bonchev–Trinajstić information content (AvgIpc) is 2.89. The fourth-order valence-corrected chi connectivity index (χ4v) is 2.51. The van der Waals surface area contributed by atoms with Gasteiger partial charge in [0.15, 0.2) is 5.96 Å². The molecule has 1 unspecified atom stereocenters. The molecule has 6 nitrogen and oxygen atoms in total. The van der Waals surface area contributed by atoms with Crippen molar-refractivity contribution in [3.63, 3.8) is 0 Å². The number of hydrogen-bond acceptors (Lipinski definition) is 3. The van der Waals surface area contributed by atoms with Crippen molar-refractivity contribution in [1.82, 2.24) is 15.5 Å². The summed E-state index contributed by atoms with van der Waals surface area (Å²) < 4.78 is 0. The molecule has 0 radical (unpaired) electrons. The summed E-state index contributed by atoms with van der Waals surface area (Å²) in [6.07, 6.45) is 2.46. The predicted molar refractivity (Wildman–Crippen MR) is 98.0 cm³/mol. The Morgan fingerprint density at radius 2 is 2.14 bits per heavy atom. The van der Waals surface area contributed by atoms with Gasteiger partial charge in [-0.1, -0.05) is 6.92 Å². The van der Waals surface area contributed by atoms with Gasteiger partial charge in [-0.2, -0.15) is 0 Å². The average molecular weight is 411 g/mol. The van der Waals surface area contributed by atoms with Crippen molar-refractivity contribution >= 4 is 35.8 Å². The van der Waals surface area contributed by atoms with Gasteiger partial charge >= 0.3 is 0 Å². The standard InChI is InChI=1S/C14H29N5O.HI/c1-5-19-8-6-7-11(19)9-17-13(15)18-10-14(2,3)12(20)16-4;/h11H,5-10H2,1-4H3,(H,16,20)(H3,15,17,18);1H. The van der Waals surface area contributed by atoms with Gasteiger partial charge in [0.1, 0.15) is 0 Å². The second-order valence-electron chi connectivity index (χ2n) is 5.97. The monoisotopic (exact) mass is 411 g/mol. The van der Waals surface area contributed by atoms with E-state index in [-0.39, 0.29) is 29.9 Å². The maximum atomic E-state index is 11.6. The minimum absolute atomic E-state index is 0. The Morgan fingerprint density at radius 3 is 2.71 bits per heavy atom. The quantitative estimate of drug-likeness (QED) is 0.343. The fraction of sp³-hybridized carbons (Fsp3) is 0.857. The molecule has 0 aromatic heterocycles. The molecule has 1 atom stereocenters. The molecule has 0 spiro atoms. The molecule has 1 aliphatic heterocycles. The Balaban J connectivity index is 0.00000400. The first-order valence-electron chi connectivity index (χ1n) is 7.40. The molecule has 1 heterocycles. The molecule has 0 saturated carbocycles. The summed E-state index contributed by atoms with van der Waals surface area (Å²) in [5, 5.41) is 5.82. The highest BCUT2D eigenvalue weighted by Gasteiger charge is 2.26. The highest BCUT2D eigenvalue weighted by atomic mass is 127. The normalized spacial score (nSPS) is 20.0. The number of likely N-dealkylation sites (N-methyl/N-ethyl adjacent to an activating group) is 1. The summed E-state index contributed by atoms with van der Waals surface area (Å²) in [4.78, 5) is 18.4. The minimum Gasteiger partial charge on any atom is -0.370 e. The van der Waals surface area contributed by atoms with Crippen LogP contribution in [0, 0.1) is 5.41 Å². The van der Waals surface area contributed by atoms with Gasteiger partial charge in [0.25, 0.3) is 0 Å². The minimum atomic E-state index is -0.538. The lowest BCUT2D eigenvalue weighted by molar-refractivity contribution is -0.128. The number of hydrogen-bond donors (Lipinski definition) is 3. The summed E-state index contributed by atoms with van der Waals surface area (Å²) in [7, 11) is 1.63. The van der Waals surface area contributed by atoms with Crippen LogP contribution in [0.5, 0.6) is 0 Å². The largest absolute Gasteiger partial charge is 0.370 e. The SMILES string of the molecule is CCN1CCCC1CNC(N)=NCC(C)(C)C(=O)NC.I. The molecule has 7 heteroatoms. The van der Waals surface area contributed by atoms with Crippen LogP contribution in [0.3, 0.4) is 0 Å². The number of nitrogens with one attached hydrogen (secondary N) is 2. The zero-order valence-electron chi connectivity index (χ0n) is 13.6. The number of carbonyl (C=O) groups excluding carboxylic acids is 1. The van der Waals surface area contributed by atoms with Crippen molar-refractivity contribution in [2.45, 2.75) is 39.7 Å². The molecule has 0 aromatic rings. The Bertz CT molecular complexity index is 359. The number of aliphatic imine (C=N–C) groups is 1. The number of likely N-dealkylation sites (tertiary alicyclic amines) is 1. The molecule has 0 aliphatic carbocycles. The molecule has 1 amide bonds. The van der Waals surface area contributed by atoms with Crippen LogP contribution in [0.4, 0.5) is 0 Å². The van der Waals surface area contributed by atoms with Crippen molar-refractivity contribution in [3.05, 3.63) is 0 Å². The van der Waals surface area contributed by atoms with E-state index in [0.717, 1.165) is 13.1 Å². The first-order chi connectivity index (χ1) is 9.40. The van der Waals surface area contributed by atoms with Gasteiger partial charge in [-0.05, 0) is 39.8 Å². The van der Waals surface area contributed by atoms with Crippen LogP contribution in [0.25, 0.3) is 0 Å². The van der Waals surface area contributed by atoms with E-state index < -0.39 is 5.41 Å². The molecular formula is C14H30IN5O. The van der Waals surface area contributed by atoms with E-state index in [1.54, 1.807) is 7.05 Å². The molecule has 4 N–H and O–H groups in total. The third-order valence-electron chi connectivity index (χ3n) is 3.91. The van der Waals surface area contributed by atoms with E-state index in [4.69, 9.17) is 5.73 Å². The number of guanidine groups is 1. The molecule has 124 valence electrons. The van der Waals surface area contributed by atoms with E-state index in [1.807, 2.05) is 13.8 Å². The first kappa shape index (κ1) is 20.4. The Morgan fingerprint density at radius 1 is 1.48 bits per heavy atom. The van der Waals surface area contributed by atoms with Crippen LogP contribution < -0.4 is 16.4 Å².